The fraction of sp³-hybridized carbons (Fsp3) is 0.400. The van der Waals surface area contributed by atoms with Gasteiger partial charge >= 0.3 is 5.97 Å². The van der Waals surface area contributed by atoms with Crippen molar-refractivity contribution < 1.29 is 19.1 Å². The van der Waals surface area contributed by atoms with Crippen LogP contribution in [-0.2, 0) is 19.1 Å². The molecule has 2 atom stereocenters. The molecule has 0 saturated carbocycles. The second-order valence-electron chi connectivity index (χ2n) is 5.11. The zero-order chi connectivity index (χ0) is 16.1. The van der Waals surface area contributed by atoms with E-state index in [2.05, 4.69) is 10.6 Å². The van der Waals surface area contributed by atoms with Crippen molar-refractivity contribution in [2.45, 2.75) is 31.8 Å². The minimum atomic E-state index is -0.648. The van der Waals surface area contributed by atoms with Gasteiger partial charge in [-0.1, -0.05) is 23.7 Å². The quantitative estimate of drug-likeness (QED) is 0.800. The molecule has 0 aliphatic carbocycles. The van der Waals surface area contributed by atoms with Gasteiger partial charge in [-0.3, -0.25) is 9.59 Å². The van der Waals surface area contributed by atoms with Crippen molar-refractivity contribution in [1.29, 1.82) is 0 Å². The minimum Gasteiger partial charge on any atom is -0.454 e. The number of carbonyl (C=O) groups excluding carboxylic acids is 3. The van der Waals surface area contributed by atoms with Crippen LogP contribution >= 0.6 is 11.6 Å². The van der Waals surface area contributed by atoms with Gasteiger partial charge in [0.25, 0.3) is 5.91 Å². The Morgan fingerprint density at radius 1 is 1.50 bits per heavy atom. The van der Waals surface area contributed by atoms with Crippen LogP contribution in [0.5, 0.6) is 0 Å². The van der Waals surface area contributed by atoms with Crippen molar-refractivity contribution in [3.8, 4) is 0 Å². The van der Waals surface area contributed by atoms with Crippen LogP contribution in [0.2, 0.25) is 5.02 Å². The van der Waals surface area contributed by atoms with E-state index in [1.807, 2.05) is 13.0 Å². The number of rotatable bonds is 5. The smallest absolute Gasteiger partial charge is 0.329 e. The highest BCUT2D eigenvalue weighted by molar-refractivity contribution is 6.30. The molecule has 118 valence electrons. The van der Waals surface area contributed by atoms with E-state index in [1.165, 1.54) is 0 Å². The van der Waals surface area contributed by atoms with Gasteiger partial charge in [0, 0.05) is 11.4 Å². The largest absolute Gasteiger partial charge is 0.454 e. The Morgan fingerprint density at radius 2 is 2.27 bits per heavy atom. The van der Waals surface area contributed by atoms with E-state index in [-0.39, 0.29) is 18.6 Å². The van der Waals surface area contributed by atoms with Crippen molar-refractivity contribution >= 4 is 29.4 Å². The summed E-state index contributed by atoms with van der Waals surface area (Å²) in [5.41, 5.74) is 0.857. The molecule has 7 heteroatoms. The van der Waals surface area contributed by atoms with E-state index in [9.17, 15) is 14.4 Å². The van der Waals surface area contributed by atoms with Crippen LogP contribution in [0.3, 0.4) is 0 Å². The maximum Gasteiger partial charge on any atom is 0.329 e. The van der Waals surface area contributed by atoms with Gasteiger partial charge < -0.3 is 15.4 Å². The van der Waals surface area contributed by atoms with Crippen LogP contribution in [0, 0.1) is 0 Å². The first-order valence-electron chi connectivity index (χ1n) is 6.96. The van der Waals surface area contributed by atoms with Crippen molar-refractivity contribution in [2.24, 2.45) is 0 Å². The third-order valence-corrected chi connectivity index (χ3v) is 3.59. The number of benzene rings is 1. The Kier molecular flexibility index (Phi) is 5.38. The lowest BCUT2D eigenvalue weighted by Crippen LogP contribution is -2.37. The molecule has 0 aromatic heterocycles. The van der Waals surface area contributed by atoms with Gasteiger partial charge in [-0.15, -0.1) is 0 Å². The molecule has 1 saturated heterocycles. The number of hydrogen-bond acceptors (Lipinski definition) is 4. The number of amides is 2. The van der Waals surface area contributed by atoms with Crippen molar-refractivity contribution in [3.05, 3.63) is 34.9 Å². The fourth-order valence-corrected chi connectivity index (χ4v) is 2.37. The van der Waals surface area contributed by atoms with Crippen LogP contribution in [0.25, 0.3) is 0 Å². The topological polar surface area (TPSA) is 84.5 Å². The van der Waals surface area contributed by atoms with Crippen LogP contribution in [0.15, 0.2) is 24.3 Å². The fourth-order valence-electron chi connectivity index (χ4n) is 2.17. The molecule has 0 spiro atoms. The minimum absolute atomic E-state index is 0.180. The van der Waals surface area contributed by atoms with E-state index >= 15 is 0 Å². The lowest BCUT2D eigenvalue weighted by molar-refractivity contribution is -0.150. The molecule has 1 aromatic carbocycles. The predicted molar refractivity (Wildman–Crippen MR) is 80.1 cm³/mol. The van der Waals surface area contributed by atoms with Crippen molar-refractivity contribution in [3.63, 3.8) is 0 Å². The first-order valence-corrected chi connectivity index (χ1v) is 7.34. The highest BCUT2D eigenvalue weighted by Crippen LogP contribution is 2.17. The molecular formula is C15H17ClN2O4. The van der Waals surface area contributed by atoms with Gasteiger partial charge in [0.05, 0.1) is 6.04 Å². The average Bonchev–Trinajstić information content (AvgIpc) is 2.91. The molecule has 0 radical (unpaired) electrons. The second-order valence-corrected chi connectivity index (χ2v) is 5.55. The molecule has 1 aliphatic heterocycles. The molecule has 22 heavy (non-hydrogen) atoms. The summed E-state index contributed by atoms with van der Waals surface area (Å²) < 4.78 is 4.90. The van der Waals surface area contributed by atoms with Gasteiger partial charge in [0.15, 0.2) is 6.61 Å². The van der Waals surface area contributed by atoms with E-state index in [0.717, 1.165) is 5.56 Å². The zero-order valence-corrected chi connectivity index (χ0v) is 12.9. The van der Waals surface area contributed by atoms with Crippen LogP contribution in [0.4, 0.5) is 0 Å². The third kappa shape index (κ3) is 4.46. The normalized spacial score (nSPS) is 18.5. The number of ether oxygens (including phenoxy) is 1. The lowest BCUT2D eigenvalue weighted by Gasteiger charge is -2.15. The summed E-state index contributed by atoms with van der Waals surface area (Å²) in [6.07, 6.45) is 0.704. The van der Waals surface area contributed by atoms with E-state index < -0.39 is 17.9 Å². The van der Waals surface area contributed by atoms with E-state index in [1.54, 1.807) is 18.2 Å². The monoisotopic (exact) mass is 324 g/mol. The molecule has 2 amide bonds. The van der Waals surface area contributed by atoms with Crippen LogP contribution in [-0.4, -0.2) is 30.4 Å². The number of halogens is 1. The summed E-state index contributed by atoms with van der Waals surface area (Å²) in [6.45, 7) is 1.43. The Balaban J connectivity index is 1.78. The number of hydrogen-bond donors (Lipinski definition) is 2. The van der Waals surface area contributed by atoms with Crippen molar-refractivity contribution in [2.75, 3.05) is 6.61 Å². The van der Waals surface area contributed by atoms with Gasteiger partial charge in [-0.05, 0) is 31.0 Å². The van der Waals surface area contributed by atoms with Crippen LogP contribution < -0.4 is 10.6 Å². The summed E-state index contributed by atoms with van der Waals surface area (Å²) in [4.78, 5) is 34.5. The SMILES string of the molecule is C[C@@H](NC(=O)COC(=O)[C@H]1CCC(=O)N1)c1cccc(Cl)c1. The lowest BCUT2D eigenvalue weighted by atomic mass is 10.1. The van der Waals surface area contributed by atoms with Gasteiger partial charge in [0.2, 0.25) is 5.91 Å². The molecule has 0 bridgehead atoms. The molecular weight excluding hydrogens is 308 g/mol. The van der Waals surface area contributed by atoms with Gasteiger partial charge in [-0.2, -0.15) is 0 Å². The Bertz CT molecular complexity index is 591. The summed E-state index contributed by atoms with van der Waals surface area (Å²) in [7, 11) is 0. The Labute approximate surface area is 133 Å². The molecule has 6 nitrogen and oxygen atoms in total. The predicted octanol–water partition coefficient (Wildman–Crippen LogP) is 1.34. The molecule has 1 aromatic rings. The number of nitrogens with one attached hydrogen (secondary N) is 2. The zero-order valence-electron chi connectivity index (χ0n) is 12.1. The van der Waals surface area contributed by atoms with Gasteiger partial charge in [0.1, 0.15) is 6.04 Å². The number of esters is 1. The molecule has 2 N–H and O–H groups in total. The Morgan fingerprint density at radius 3 is 2.91 bits per heavy atom. The first-order chi connectivity index (χ1) is 10.5. The number of carbonyl (C=O) groups is 3. The molecule has 1 aliphatic rings. The molecule has 2 rings (SSSR count). The average molecular weight is 325 g/mol. The highest BCUT2D eigenvalue weighted by atomic mass is 35.5. The third-order valence-electron chi connectivity index (χ3n) is 3.35. The summed E-state index contributed by atoms with van der Waals surface area (Å²) in [6, 6.07) is 6.24. The standard InChI is InChI=1S/C15H17ClN2O4/c1-9(10-3-2-4-11(16)7-10)17-14(20)8-22-15(21)12-5-6-13(19)18-12/h2-4,7,9,12H,5-6,8H2,1H3,(H,17,20)(H,18,19)/t9-,12-/m1/s1. The van der Waals surface area contributed by atoms with Crippen LogP contribution in [0.1, 0.15) is 31.4 Å². The molecule has 0 unspecified atom stereocenters. The summed E-state index contributed by atoms with van der Waals surface area (Å²) in [5, 5.41) is 5.79. The summed E-state index contributed by atoms with van der Waals surface area (Å²) >= 11 is 5.90. The van der Waals surface area contributed by atoms with Crippen molar-refractivity contribution in [1.82, 2.24) is 10.6 Å². The maximum absolute atomic E-state index is 11.8. The highest BCUT2D eigenvalue weighted by Gasteiger charge is 2.28. The second kappa shape index (κ2) is 7.26. The van der Waals surface area contributed by atoms with E-state index in [0.29, 0.717) is 17.9 Å². The van der Waals surface area contributed by atoms with E-state index in [4.69, 9.17) is 16.3 Å². The Hall–Kier alpha value is -2.08. The molecule has 1 heterocycles. The maximum atomic E-state index is 11.8. The first kappa shape index (κ1) is 16.3. The van der Waals surface area contributed by atoms with Gasteiger partial charge in [-0.25, -0.2) is 4.79 Å². The summed E-state index contributed by atoms with van der Waals surface area (Å²) in [5.74, 6) is -1.18. The molecule has 1 fully saturated rings.